The van der Waals surface area contributed by atoms with Crippen LogP contribution in [0.5, 0.6) is 0 Å². The molecule has 22 heavy (non-hydrogen) atoms. The molecule has 0 bridgehead atoms. The molecule has 0 unspecified atom stereocenters. The highest BCUT2D eigenvalue weighted by molar-refractivity contribution is 6.30. The van der Waals surface area contributed by atoms with Crippen LogP contribution in [0.25, 0.3) is 0 Å². The average Bonchev–Trinajstić information content (AvgIpc) is 2.47. The Kier molecular flexibility index (Phi) is 5.03. The molecular weight excluding hydrogens is 308 g/mol. The summed E-state index contributed by atoms with van der Waals surface area (Å²) in [5.74, 6) is -0.941. The fourth-order valence-corrected chi connectivity index (χ4v) is 2.98. The third-order valence-corrected chi connectivity index (χ3v) is 4.14. The molecule has 2 rings (SSSR count). The molecule has 6 nitrogen and oxygen atoms in total. The van der Waals surface area contributed by atoms with E-state index in [9.17, 15) is 14.4 Å². The first kappa shape index (κ1) is 16.3. The van der Waals surface area contributed by atoms with Crippen LogP contribution in [-0.4, -0.2) is 34.9 Å². The Morgan fingerprint density at radius 1 is 1.50 bits per heavy atom. The van der Waals surface area contributed by atoms with Crippen molar-refractivity contribution >= 4 is 29.9 Å². The molecule has 118 valence electrons. The van der Waals surface area contributed by atoms with E-state index in [1.807, 2.05) is 0 Å². The molecule has 2 atom stereocenters. The first-order valence-electron chi connectivity index (χ1n) is 6.98. The van der Waals surface area contributed by atoms with Crippen LogP contribution >= 0.6 is 11.6 Å². The molecule has 0 fully saturated rings. The van der Waals surface area contributed by atoms with E-state index >= 15 is 0 Å². The molecule has 0 spiro atoms. The molecule has 7 heteroatoms. The van der Waals surface area contributed by atoms with Gasteiger partial charge in [0.05, 0.1) is 5.92 Å². The van der Waals surface area contributed by atoms with Gasteiger partial charge in [0.15, 0.2) is 0 Å². The van der Waals surface area contributed by atoms with Gasteiger partial charge >= 0.3 is 6.09 Å². The first-order valence-corrected chi connectivity index (χ1v) is 7.35. The third kappa shape index (κ3) is 3.39. The summed E-state index contributed by atoms with van der Waals surface area (Å²) >= 11 is 6.04. The van der Waals surface area contributed by atoms with E-state index in [0.29, 0.717) is 17.9 Å². The maximum atomic E-state index is 12.4. The first-order chi connectivity index (χ1) is 10.4. The molecule has 1 aliphatic heterocycles. The maximum absolute atomic E-state index is 12.4. The highest BCUT2D eigenvalue weighted by atomic mass is 35.5. The van der Waals surface area contributed by atoms with Crippen molar-refractivity contribution in [3.05, 3.63) is 34.3 Å². The van der Waals surface area contributed by atoms with Crippen molar-refractivity contribution in [2.75, 3.05) is 6.54 Å². The van der Waals surface area contributed by atoms with Crippen LogP contribution in [0.2, 0.25) is 5.02 Å². The summed E-state index contributed by atoms with van der Waals surface area (Å²) in [4.78, 5) is 34.2. The number of hydrogen-bond donors (Lipinski definition) is 2. The van der Waals surface area contributed by atoms with Gasteiger partial charge in [-0.15, -0.1) is 0 Å². The topological polar surface area (TPSA) is 86.7 Å². The Morgan fingerprint density at radius 3 is 2.86 bits per heavy atom. The molecule has 1 aromatic carbocycles. The molecular formula is C15H17ClN2O4. The number of amides is 2. The van der Waals surface area contributed by atoms with Crippen LogP contribution in [0.1, 0.15) is 42.7 Å². The number of nitrogens with zero attached hydrogens (tertiary/aromatic N) is 1. The van der Waals surface area contributed by atoms with E-state index < -0.39 is 12.0 Å². The number of carbonyl (C=O) groups is 3. The van der Waals surface area contributed by atoms with E-state index in [1.165, 1.54) is 0 Å². The van der Waals surface area contributed by atoms with Gasteiger partial charge in [0, 0.05) is 18.0 Å². The fourth-order valence-electron chi connectivity index (χ4n) is 2.80. The van der Waals surface area contributed by atoms with Crippen molar-refractivity contribution in [1.82, 2.24) is 10.4 Å². The van der Waals surface area contributed by atoms with E-state index in [2.05, 4.69) is 5.43 Å². The van der Waals surface area contributed by atoms with Gasteiger partial charge < -0.3 is 9.90 Å². The standard InChI is InChI=1S/C15H17ClN2O4/c1-9-12-3-2-11(16)8-13(12)10(5-7-19)4-6-18(14(9)20)17-15(21)22/h2-3,7-10,17H,4-6H2,1H3,(H,21,22)/t9-,10-/m0/s1. The predicted octanol–water partition coefficient (Wildman–Crippen LogP) is 2.53. The summed E-state index contributed by atoms with van der Waals surface area (Å²) in [7, 11) is 0. The van der Waals surface area contributed by atoms with Crippen LogP contribution in [0, 0.1) is 0 Å². The van der Waals surface area contributed by atoms with E-state index in [1.54, 1.807) is 25.1 Å². The van der Waals surface area contributed by atoms with Crippen molar-refractivity contribution in [2.45, 2.75) is 31.6 Å². The second-order valence-corrected chi connectivity index (χ2v) is 5.73. The lowest BCUT2D eigenvalue weighted by Crippen LogP contribution is -2.48. The van der Waals surface area contributed by atoms with Crippen molar-refractivity contribution in [1.29, 1.82) is 0 Å². The summed E-state index contributed by atoms with van der Waals surface area (Å²) < 4.78 is 0. The number of carbonyl (C=O) groups excluding carboxylic acids is 2. The highest BCUT2D eigenvalue weighted by Crippen LogP contribution is 2.35. The lowest BCUT2D eigenvalue weighted by molar-refractivity contribution is -0.135. The number of aldehydes is 1. The largest absolute Gasteiger partial charge is 0.464 e. The minimum Gasteiger partial charge on any atom is -0.464 e. The van der Waals surface area contributed by atoms with Gasteiger partial charge in [-0.2, -0.15) is 0 Å². The van der Waals surface area contributed by atoms with Gasteiger partial charge in [0.1, 0.15) is 6.29 Å². The van der Waals surface area contributed by atoms with Crippen molar-refractivity contribution in [3.63, 3.8) is 0 Å². The van der Waals surface area contributed by atoms with Crippen molar-refractivity contribution in [2.24, 2.45) is 0 Å². The average molecular weight is 325 g/mol. The normalized spacial score (nSPS) is 21.5. The molecule has 2 amide bonds. The van der Waals surface area contributed by atoms with Gasteiger partial charge in [0.25, 0.3) is 0 Å². The lowest BCUT2D eigenvalue weighted by Gasteiger charge is -2.32. The molecule has 0 aromatic heterocycles. The van der Waals surface area contributed by atoms with Crippen LogP contribution < -0.4 is 5.43 Å². The number of hydrogen-bond acceptors (Lipinski definition) is 3. The van der Waals surface area contributed by atoms with Crippen LogP contribution in [-0.2, 0) is 9.59 Å². The van der Waals surface area contributed by atoms with Gasteiger partial charge in [-0.25, -0.2) is 10.2 Å². The van der Waals surface area contributed by atoms with Crippen molar-refractivity contribution in [3.8, 4) is 0 Å². The number of carboxylic acid groups (broad SMARTS) is 1. The predicted molar refractivity (Wildman–Crippen MR) is 80.8 cm³/mol. The third-order valence-electron chi connectivity index (χ3n) is 3.90. The Morgan fingerprint density at radius 2 is 2.23 bits per heavy atom. The van der Waals surface area contributed by atoms with Crippen molar-refractivity contribution < 1.29 is 19.5 Å². The summed E-state index contributed by atoms with van der Waals surface area (Å²) in [5, 5.41) is 10.5. The zero-order valence-corrected chi connectivity index (χ0v) is 12.8. The summed E-state index contributed by atoms with van der Waals surface area (Å²) in [6.45, 7) is 1.93. The highest BCUT2D eigenvalue weighted by Gasteiger charge is 2.30. The fraction of sp³-hybridized carbons (Fsp3) is 0.400. The number of halogens is 1. The second kappa shape index (κ2) is 6.79. The van der Waals surface area contributed by atoms with Gasteiger partial charge in [-0.1, -0.05) is 17.7 Å². The zero-order valence-electron chi connectivity index (χ0n) is 12.1. The number of nitrogens with one attached hydrogen (secondary N) is 1. The van der Waals surface area contributed by atoms with E-state index in [-0.39, 0.29) is 18.4 Å². The smallest absolute Gasteiger partial charge is 0.423 e. The van der Waals surface area contributed by atoms with Gasteiger partial charge in [-0.05, 0) is 42.5 Å². The number of rotatable bonds is 3. The summed E-state index contributed by atoms with van der Waals surface area (Å²) in [6, 6.07) is 5.25. The summed E-state index contributed by atoms with van der Waals surface area (Å²) in [5.41, 5.74) is 3.78. The SMILES string of the molecule is C[C@@H]1C(=O)N(NC(=O)O)CC[C@@H](CC=O)c2cc(Cl)ccc21. The van der Waals surface area contributed by atoms with Gasteiger partial charge in [-0.3, -0.25) is 9.80 Å². The molecule has 0 saturated heterocycles. The molecule has 0 radical (unpaired) electrons. The molecule has 0 aliphatic carbocycles. The number of hydrazine groups is 1. The van der Waals surface area contributed by atoms with E-state index in [4.69, 9.17) is 16.7 Å². The Hall–Kier alpha value is -2.08. The van der Waals surface area contributed by atoms with Crippen LogP contribution in [0.15, 0.2) is 18.2 Å². The second-order valence-electron chi connectivity index (χ2n) is 5.29. The Labute approximate surface area is 133 Å². The molecule has 0 saturated carbocycles. The Bertz CT molecular complexity index is 605. The number of benzene rings is 1. The molecule has 2 N–H and O–H groups in total. The lowest BCUT2D eigenvalue weighted by atomic mass is 9.83. The number of fused-ring (bicyclic) bond motifs is 1. The van der Waals surface area contributed by atoms with Crippen LogP contribution in [0.4, 0.5) is 4.79 Å². The monoisotopic (exact) mass is 324 g/mol. The molecule has 1 aromatic rings. The quantitative estimate of drug-likeness (QED) is 0.836. The van der Waals surface area contributed by atoms with Gasteiger partial charge in [0.2, 0.25) is 5.91 Å². The minimum absolute atomic E-state index is 0.0974. The summed E-state index contributed by atoms with van der Waals surface area (Å²) in [6.07, 6.45) is 0.322. The zero-order chi connectivity index (χ0) is 16.3. The van der Waals surface area contributed by atoms with E-state index in [0.717, 1.165) is 22.4 Å². The Balaban J connectivity index is 2.44. The maximum Gasteiger partial charge on any atom is 0.423 e. The molecule has 1 heterocycles. The van der Waals surface area contributed by atoms with Crippen LogP contribution in [0.3, 0.4) is 0 Å². The molecule has 1 aliphatic rings. The minimum atomic E-state index is -1.29.